The van der Waals surface area contributed by atoms with Crippen LogP contribution >= 0.6 is 0 Å². The van der Waals surface area contributed by atoms with Gasteiger partial charge in [0.05, 0.1) is 18.7 Å². The smallest absolute Gasteiger partial charge is 0.224 e. The SMILES string of the molecule is Cc1ccccc1-c1ccc([C@H]2[C@@H](CO)N(C(=O)CC(C)C)[C@H]2C#N)cc1. The minimum Gasteiger partial charge on any atom is -0.394 e. The lowest BCUT2D eigenvalue weighted by Crippen LogP contribution is -2.65. The van der Waals surface area contributed by atoms with Gasteiger partial charge in [-0.25, -0.2) is 0 Å². The first-order chi connectivity index (χ1) is 13.0. The second-order valence-electron chi connectivity index (χ2n) is 7.69. The highest BCUT2D eigenvalue weighted by Crippen LogP contribution is 2.41. The minimum atomic E-state index is -0.516. The first kappa shape index (κ1) is 19.1. The number of nitriles is 1. The van der Waals surface area contributed by atoms with Crippen molar-refractivity contribution in [2.24, 2.45) is 5.92 Å². The van der Waals surface area contributed by atoms with Gasteiger partial charge in [0, 0.05) is 12.3 Å². The van der Waals surface area contributed by atoms with Crippen LogP contribution in [0.4, 0.5) is 0 Å². The summed E-state index contributed by atoms with van der Waals surface area (Å²) in [6.07, 6.45) is 0.396. The molecule has 140 valence electrons. The molecule has 0 bridgehead atoms. The maximum absolute atomic E-state index is 12.5. The molecule has 1 aliphatic rings. The predicted octanol–water partition coefficient (Wildman–Crippen LogP) is 3.89. The number of amides is 1. The fraction of sp³-hybridized carbons (Fsp3) is 0.391. The van der Waals surface area contributed by atoms with Gasteiger partial charge < -0.3 is 10.0 Å². The highest BCUT2D eigenvalue weighted by Gasteiger charge is 2.51. The van der Waals surface area contributed by atoms with E-state index in [0.29, 0.717) is 6.42 Å². The molecule has 3 rings (SSSR count). The number of likely N-dealkylation sites (tertiary alicyclic amines) is 1. The van der Waals surface area contributed by atoms with Crippen LogP contribution in [0.5, 0.6) is 0 Å². The van der Waals surface area contributed by atoms with E-state index < -0.39 is 6.04 Å². The number of rotatable bonds is 5. The third kappa shape index (κ3) is 3.61. The van der Waals surface area contributed by atoms with Crippen molar-refractivity contribution in [2.45, 2.75) is 45.2 Å². The van der Waals surface area contributed by atoms with Crippen LogP contribution in [-0.4, -0.2) is 34.6 Å². The molecule has 1 fully saturated rings. The molecule has 0 aromatic heterocycles. The summed E-state index contributed by atoms with van der Waals surface area (Å²) in [5.74, 6) is 0.0223. The van der Waals surface area contributed by atoms with Crippen molar-refractivity contribution in [3.8, 4) is 17.2 Å². The van der Waals surface area contributed by atoms with Crippen LogP contribution in [0.2, 0.25) is 0 Å². The van der Waals surface area contributed by atoms with Gasteiger partial charge in [0.1, 0.15) is 6.04 Å². The lowest BCUT2D eigenvalue weighted by Gasteiger charge is -2.52. The van der Waals surface area contributed by atoms with Crippen molar-refractivity contribution in [2.75, 3.05) is 6.61 Å². The fourth-order valence-corrected chi connectivity index (χ4v) is 3.99. The molecular weight excluding hydrogens is 336 g/mol. The molecular formula is C23H26N2O2. The molecule has 4 heteroatoms. The minimum absolute atomic E-state index is 0.0524. The third-order valence-electron chi connectivity index (χ3n) is 5.35. The van der Waals surface area contributed by atoms with Gasteiger partial charge >= 0.3 is 0 Å². The van der Waals surface area contributed by atoms with Crippen molar-refractivity contribution in [3.05, 3.63) is 59.7 Å². The molecule has 2 aromatic rings. The number of nitrogens with zero attached hydrogens (tertiary/aromatic N) is 2. The van der Waals surface area contributed by atoms with Crippen LogP contribution in [0.3, 0.4) is 0 Å². The number of aliphatic hydroxyl groups is 1. The number of aliphatic hydroxyl groups excluding tert-OH is 1. The van der Waals surface area contributed by atoms with Crippen molar-refractivity contribution >= 4 is 5.91 Å². The summed E-state index contributed by atoms with van der Waals surface area (Å²) >= 11 is 0. The Balaban J connectivity index is 1.84. The van der Waals surface area contributed by atoms with Crippen molar-refractivity contribution in [1.29, 1.82) is 5.26 Å². The van der Waals surface area contributed by atoms with Gasteiger partial charge in [-0.3, -0.25) is 4.79 Å². The Hall–Kier alpha value is -2.64. The quantitative estimate of drug-likeness (QED) is 0.878. The Kier molecular flexibility index (Phi) is 5.62. The fourth-order valence-electron chi connectivity index (χ4n) is 3.99. The van der Waals surface area contributed by atoms with Gasteiger partial charge in [-0.2, -0.15) is 5.26 Å². The zero-order chi connectivity index (χ0) is 19.6. The Bertz CT molecular complexity index is 851. The third-order valence-corrected chi connectivity index (χ3v) is 5.35. The monoisotopic (exact) mass is 362 g/mol. The van der Waals surface area contributed by atoms with Crippen LogP contribution < -0.4 is 0 Å². The van der Waals surface area contributed by atoms with Crippen LogP contribution in [0.1, 0.15) is 37.3 Å². The Morgan fingerprint density at radius 1 is 1.19 bits per heavy atom. The summed E-state index contributed by atoms with van der Waals surface area (Å²) in [4.78, 5) is 14.1. The first-order valence-electron chi connectivity index (χ1n) is 9.45. The summed E-state index contributed by atoms with van der Waals surface area (Å²) in [5.41, 5.74) is 4.51. The van der Waals surface area contributed by atoms with E-state index >= 15 is 0 Å². The molecule has 1 N–H and O–H groups in total. The van der Waals surface area contributed by atoms with Crippen LogP contribution in [0.15, 0.2) is 48.5 Å². The molecule has 1 amide bonds. The summed E-state index contributed by atoms with van der Waals surface area (Å²) in [6.45, 7) is 5.91. The standard InChI is InChI=1S/C23H26N2O2/c1-15(2)12-22(27)25-20(13-24)23(21(25)14-26)18-10-8-17(9-11-18)19-7-5-4-6-16(19)3/h4-11,15,20-21,23,26H,12,14H2,1-3H3/t20-,21+,23+/m0/s1. The van der Waals surface area contributed by atoms with Gasteiger partial charge in [0.15, 0.2) is 0 Å². The van der Waals surface area contributed by atoms with Gasteiger partial charge in [0.2, 0.25) is 5.91 Å². The average molecular weight is 362 g/mol. The highest BCUT2D eigenvalue weighted by atomic mass is 16.3. The molecule has 1 saturated heterocycles. The van der Waals surface area contributed by atoms with E-state index in [-0.39, 0.29) is 30.4 Å². The molecule has 0 unspecified atom stereocenters. The Labute approximate surface area is 161 Å². The van der Waals surface area contributed by atoms with E-state index in [1.165, 1.54) is 11.1 Å². The lowest BCUT2D eigenvalue weighted by atomic mass is 9.75. The molecule has 0 radical (unpaired) electrons. The molecule has 1 aliphatic heterocycles. The van der Waals surface area contributed by atoms with Gasteiger partial charge in [-0.1, -0.05) is 62.4 Å². The van der Waals surface area contributed by atoms with E-state index in [1.807, 2.05) is 38.1 Å². The van der Waals surface area contributed by atoms with Crippen molar-refractivity contribution < 1.29 is 9.90 Å². The summed E-state index contributed by atoms with van der Waals surface area (Å²) in [6, 6.07) is 17.8. The van der Waals surface area contributed by atoms with Gasteiger partial charge in [-0.05, 0) is 35.1 Å². The Morgan fingerprint density at radius 3 is 2.41 bits per heavy atom. The number of benzene rings is 2. The van der Waals surface area contributed by atoms with Crippen molar-refractivity contribution in [1.82, 2.24) is 4.90 Å². The maximum atomic E-state index is 12.5. The van der Waals surface area contributed by atoms with E-state index in [1.54, 1.807) is 4.90 Å². The largest absolute Gasteiger partial charge is 0.394 e. The molecule has 0 saturated carbocycles. The highest BCUT2D eigenvalue weighted by molar-refractivity contribution is 5.79. The molecule has 27 heavy (non-hydrogen) atoms. The number of hydrogen-bond acceptors (Lipinski definition) is 3. The number of carbonyl (C=O) groups is 1. The maximum Gasteiger partial charge on any atom is 0.224 e. The lowest BCUT2D eigenvalue weighted by molar-refractivity contribution is -0.147. The summed E-state index contributed by atoms with van der Waals surface area (Å²) in [5, 5.41) is 19.5. The van der Waals surface area contributed by atoms with Gasteiger partial charge in [0.25, 0.3) is 0 Å². The molecule has 1 heterocycles. The van der Waals surface area contributed by atoms with E-state index in [0.717, 1.165) is 11.1 Å². The number of hydrogen-bond donors (Lipinski definition) is 1. The summed E-state index contributed by atoms with van der Waals surface area (Å²) < 4.78 is 0. The normalized spacial score (nSPS) is 21.6. The average Bonchev–Trinajstić information content (AvgIpc) is 2.62. The molecule has 0 spiro atoms. The topological polar surface area (TPSA) is 64.3 Å². The van der Waals surface area contributed by atoms with Gasteiger partial charge in [-0.15, -0.1) is 0 Å². The molecule has 0 aliphatic carbocycles. The van der Waals surface area contributed by atoms with E-state index in [4.69, 9.17) is 0 Å². The second-order valence-corrected chi connectivity index (χ2v) is 7.69. The molecule has 4 nitrogen and oxygen atoms in total. The first-order valence-corrected chi connectivity index (χ1v) is 9.45. The van der Waals surface area contributed by atoms with Crippen LogP contribution in [0, 0.1) is 24.2 Å². The zero-order valence-electron chi connectivity index (χ0n) is 16.1. The van der Waals surface area contributed by atoms with E-state index in [9.17, 15) is 15.2 Å². The van der Waals surface area contributed by atoms with Crippen LogP contribution in [0.25, 0.3) is 11.1 Å². The number of aryl methyl sites for hydroxylation is 1. The van der Waals surface area contributed by atoms with Crippen molar-refractivity contribution in [3.63, 3.8) is 0 Å². The predicted molar refractivity (Wildman–Crippen MR) is 106 cm³/mol. The zero-order valence-corrected chi connectivity index (χ0v) is 16.1. The van der Waals surface area contributed by atoms with Crippen LogP contribution in [-0.2, 0) is 4.79 Å². The molecule has 2 aromatic carbocycles. The number of carbonyl (C=O) groups excluding carboxylic acids is 1. The summed E-state index contributed by atoms with van der Waals surface area (Å²) in [7, 11) is 0. The Morgan fingerprint density at radius 2 is 1.85 bits per heavy atom. The van der Waals surface area contributed by atoms with E-state index in [2.05, 4.69) is 37.3 Å². The molecule has 3 atom stereocenters. The second kappa shape index (κ2) is 7.94.